The summed E-state index contributed by atoms with van der Waals surface area (Å²) >= 11 is 0. The number of aryl methyl sites for hydroxylation is 2. The molecule has 4 heterocycles. The summed E-state index contributed by atoms with van der Waals surface area (Å²) in [5.41, 5.74) is 5.97. The summed E-state index contributed by atoms with van der Waals surface area (Å²) in [6.45, 7) is 15.7. The molecule has 56 heavy (non-hydrogen) atoms. The van der Waals surface area contributed by atoms with Gasteiger partial charge in [-0.25, -0.2) is 9.37 Å². The van der Waals surface area contributed by atoms with Crippen LogP contribution in [-0.2, 0) is 24.9 Å². The van der Waals surface area contributed by atoms with E-state index in [0.29, 0.717) is 43.2 Å². The Balaban J connectivity index is 1.02. The number of carbonyl (C=O) groups is 2. The number of rotatable bonds is 12. The minimum absolute atomic E-state index is 0.0173. The van der Waals surface area contributed by atoms with Crippen molar-refractivity contribution >= 4 is 11.8 Å². The molecule has 2 saturated heterocycles. The highest BCUT2D eigenvalue weighted by atomic mass is 19.1. The second-order valence-electron chi connectivity index (χ2n) is 15.7. The first-order chi connectivity index (χ1) is 27.1. The number of amides is 2. The molecule has 3 aliphatic rings. The van der Waals surface area contributed by atoms with E-state index in [-0.39, 0.29) is 29.4 Å². The van der Waals surface area contributed by atoms with Gasteiger partial charge < -0.3 is 20.1 Å². The van der Waals surface area contributed by atoms with Gasteiger partial charge in [0.15, 0.2) is 0 Å². The Morgan fingerprint density at radius 2 is 1.57 bits per heavy atom. The number of nitrogens with zero attached hydrogens (tertiary/aromatic N) is 6. The summed E-state index contributed by atoms with van der Waals surface area (Å²) in [6.07, 6.45) is 3.79. The van der Waals surface area contributed by atoms with E-state index in [9.17, 15) is 14.0 Å². The first kappa shape index (κ1) is 39.5. The van der Waals surface area contributed by atoms with Crippen LogP contribution >= 0.6 is 0 Å². The molecule has 298 valence electrons. The van der Waals surface area contributed by atoms with Crippen LogP contribution in [0.2, 0.25) is 0 Å². The maximum absolute atomic E-state index is 14.6. The first-order valence-electron chi connectivity index (χ1n) is 20.0. The number of halogens is 1. The van der Waals surface area contributed by atoms with Crippen LogP contribution in [0, 0.1) is 12.7 Å². The fourth-order valence-corrected chi connectivity index (χ4v) is 7.94. The number of hydrogen-bond acceptors (Lipinski definition) is 9. The number of ether oxygens (including phenoxy) is 2. The zero-order valence-corrected chi connectivity index (χ0v) is 33.1. The van der Waals surface area contributed by atoms with Crippen molar-refractivity contribution in [3.63, 3.8) is 0 Å². The largest absolute Gasteiger partial charge is 0.438 e. The molecule has 4 aromatic rings. The monoisotopic (exact) mass is 766 g/mol. The van der Waals surface area contributed by atoms with Crippen molar-refractivity contribution in [2.75, 3.05) is 52.5 Å². The quantitative estimate of drug-likeness (QED) is 0.192. The predicted octanol–water partition coefficient (Wildman–Crippen LogP) is 5.55. The fraction of sp³-hybridized carbons (Fsp3) is 0.488. The van der Waals surface area contributed by atoms with E-state index in [2.05, 4.69) is 73.5 Å². The Hall–Kier alpha value is -4.69. The highest BCUT2D eigenvalue weighted by molar-refractivity contribution is 5.96. The van der Waals surface area contributed by atoms with Crippen LogP contribution in [0.5, 0.6) is 11.6 Å². The lowest BCUT2D eigenvalue weighted by atomic mass is 9.91. The normalized spacial score (nSPS) is 19.9. The van der Waals surface area contributed by atoms with Crippen LogP contribution in [0.15, 0.2) is 60.8 Å². The molecule has 3 fully saturated rings. The average molecular weight is 767 g/mol. The lowest BCUT2D eigenvalue weighted by Gasteiger charge is -2.37. The fourth-order valence-electron chi connectivity index (χ4n) is 7.94. The van der Waals surface area contributed by atoms with Gasteiger partial charge in [-0.05, 0) is 93.0 Å². The lowest BCUT2D eigenvalue weighted by Crippen LogP contribution is -2.48. The van der Waals surface area contributed by atoms with Crippen molar-refractivity contribution in [1.82, 2.24) is 40.1 Å². The molecule has 0 radical (unpaired) electrons. The molecule has 2 aromatic heterocycles. The molecular weight excluding hydrogens is 712 g/mol. The number of aromatic nitrogens is 3. The van der Waals surface area contributed by atoms with Crippen LogP contribution in [0.4, 0.5) is 4.39 Å². The van der Waals surface area contributed by atoms with E-state index in [1.807, 2.05) is 25.1 Å². The summed E-state index contributed by atoms with van der Waals surface area (Å²) in [6, 6.07) is 17.9. The van der Waals surface area contributed by atoms with Crippen molar-refractivity contribution in [2.45, 2.75) is 77.7 Å². The molecule has 13 heteroatoms. The molecule has 2 amide bonds. The minimum Gasteiger partial charge on any atom is -0.438 e. The third-order valence-corrected chi connectivity index (χ3v) is 11.4. The van der Waals surface area contributed by atoms with E-state index in [4.69, 9.17) is 9.47 Å². The Morgan fingerprint density at radius 1 is 0.875 bits per heavy atom. The van der Waals surface area contributed by atoms with Gasteiger partial charge in [0.2, 0.25) is 5.88 Å². The molecule has 0 bridgehead atoms. The molecule has 0 atom stereocenters. The molecule has 0 spiro atoms. The van der Waals surface area contributed by atoms with Gasteiger partial charge in [0.25, 0.3) is 11.8 Å². The highest BCUT2D eigenvalue weighted by Crippen LogP contribution is 2.32. The number of nitrogens with one attached hydrogen (secondary N) is 2. The topological polar surface area (TPSA) is 117 Å². The van der Waals surface area contributed by atoms with Crippen molar-refractivity contribution in [1.29, 1.82) is 0 Å². The van der Waals surface area contributed by atoms with Crippen molar-refractivity contribution in [2.24, 2.45) is 7.05 Å². The highest BCUT2D eigenvalue weighted by Gasteiger charge is 2.27. The zero-order chi connectivity index (χ0) is 39.2. The molecule has 2 N–H and O–H groups in total. The maximum Gasteiger partial charge on any atom is 0.272 e. The number of pyridine rings is 1. The van der Waals surface area contributed by atoms with E-state index in [0.717, 1.165) is 88.6 Å². The van der Waals surface area contributed by atoms with Crippen LogP contribution < -0.4 is 15.4 Å². The van der Waals surface area contributed by atoms with Crippen LogP contribution in [0.25, 0.3) is 11.1 Å². The van der Waals surface area contributed by atoms with Gasteiger partial charge in [0.05, 0.1) is 19.4 Å². The standard InChI is InChI=1S/C43H55FN8O4/c1-29(2)52-16-14-50(15-17-52)27-31-8-13-38(33(23-31)28-51-18-20-55-21-19-51)32-6-5-7-37(24-32)56-43-39(25-34(44)26-45-43)41(53)46-35-9-11-36(12-10-35)47-42(54)40-22-30(3)49(4)48-40/h5-8,13,22-26,29,35-36H,9-12,14-21,27-28H2,1-4H3,(H,46,53)(H,47,54)/t35-,36+. The minimum atomic E-state index is -0.623. The van der Waals surface area contributed by atoms with Gasteiger partial charge in [-0.2, -0.15) is 5.10 Å². The third-order valence-electron chi connectivity index (χ3n) is 11.4. The molecule has 2 aliphatic heterocycles. The molecule has 0 unspecified atom stereocenters. The Bertz CT molecular complexity index is 1960. The van der Waals surface area contributed by atoms with Crippen molar-refractivity contribution in [3.05, 3.63) is 94.7 Å². The number of carbonyl (C=O) groups excluding carboxylic acids is 2. The molecular formula is C43H55FN8O4. The summed E-state index contributed by atoms with van der Waals surface area (Å²) < 4.78 is 28.1. The predicted molar refractivity (Wildman–Crippen MR) is 213 cm³/mol. The Labute approximate surface area is 329 Å². The lowest BCUT2D eigenvalue weighted by molar-refractivity contribution is 0.0342. The van der Waals surface area contributed by atoms with Crippen LogP contribution in [0.1, 0.15) is 77.2 Å². The van der Waals surface area contributed by atoms with Gasteiger partial charge >= 0.3 is 0 Å². The smallest absolute Gasteiger partial charge is 0.272 e. The van der Waals surface area contributed by atoms with Gasteiger partial charge in [0, 0.05) is 83.2 Å². The van der Waals surface area contributed by atoms with E-state index in [1.165, 1.54) is 17.2 Å². The van der Waals surface area contributed by atoms with Crippen LogP contribution in [-0.4, -0.2) is 112 Å². The van der Waals surface area contributed by atoms with Crippen molar-refractivity contribution in [3.8, 4) is 22.8 Å². The maximum atomic E-state index is 14.6. The number of benzene rings is 2. The number of morpholine rings is 1. The first-order valence-corrected chi connectivity index (χ1v) is 20.0. The summed E-state index contributed by atoms with van der Waals surface area (Å²) in [5.74, 6) is -0.737. The SMILES string of the molecule is Cc1cc(C(=O)N[C@H]2CC[C@@H](NC(=O)c3cc(F)cnc3Oc3cccc(-c4ccc(CN5CCN(C(C)C)CC5)cc4CN4CCOCC4)c3)CC2)nn1C. The Morgan fingerprint density at radius 3 is 2.25 bits per heavy atom. The molecule has 7 rings (SSSR count). The Kier molecular flexibility index (Phi) is 12.7. The average Bonchev–Trinajstić information content (AvgIpc) is 3.54. The summed E-state index contributed by atoms with van der Waals surface area (Å²) in [4.78, 5) is 38.1. The van der Waals surface area contributed by atoms with E-state index >= 15 is 0 Å². The van der Waals surface area contributed by atoms with Gasteiger partial charge in [-0.15, -0.1) is 0 Å². The third kappa shape index (κ3) is 9.99. The molecule has 1 aliphatic carbocycles. The van der Waals surface area contributed by atoms with E-state index < -0.39 is 11.7 Å². The molecule has 2 aromatic carbocycles. The van der Waals surface area contributed by atoms with Gasteiger partial charge in [-0.1, -0.05) is 30.3 Å². The van der Waals surface area contributed by atoms with Gasteiger partial charge in [0.1, 0.15) is 22.8 Å². The second-order valence-corrected chi connectivity index (χ2v) is 15.7. The molecule has 1 saturated carbocycles. The summed E-state index contributed by atoms with van der Waals surface area (Å²) in [7, 11) is 1.81. The zero-order valence-electron chi connectivity index (χ0n) is 33.1. The van der Waals surface area contributed by atoms with E-state index in [1.54, 1.807) is 17.8 Å². The van der Waals surface area contributed by atoms with Crippen LogP contribution in [0.3, 0.4) is 0 Å². The second kappa shape index (κ2) is 18.1. The summed E-state index contributed by atoms with van der Waals surface area (Å²) in [5, 5.41) is 10.4. The number of hydrogen-bond donors (Lipinski definition) is 2. The number of piperazine rings is 1. The van der Waals surface area contributed by atoms with Gasteiger partial charge in [-0.3, -0.25) is 29.0 Å². The van der Waals surface area contributed by atoms with Crippen molar-refractivity contribution < 1.29 is 23.5 Å². The molecule has 12 nitrogen and oxygen atoms in total.